The predicted octanol–water partition coefficient (Wildman–Crippen LogP) is 2.77. The zero-order chi connectivity index (χ0) is 16.1. The van der Waals surface area contributed by atoms with E-state index in [2.05, 4.69) is 32.3 Å². The zero-order valence-corrected chi connectivity index (χ0v) is 14.3. The summed E-state index contributed by atoms with van der Waals surface area (Å²) in [6.45, 7) is 4.35. The van der Waals surface area contributed by atoms with E-state index in [0.29, 0.717) is 16.8 Å². The molecule has 3 heterocycles. The zero-order valence-electron chi connectivity index (χ0n) is 11.9. The van der Waals surface area contributed by atoms with Gasteiger partial charge in [0.1, 0.15) is 5.51 Å². The van der Waals surface area contributed by atoms with Gasteiger partial charge in [0, 0.05) is 6.54 Å². The molecule has 3 aromatic rings. The Labute approximate surface area is 144 Å². The minimum absolute atomic E-state index is 0.155. The number of hydrogen-bond donors (Lipinski definition) is 1. The van der Waals surface area contributed by atoms with Gasteiger partial charge in [-0.2, -0.15) is 0 Å². The van der Waals surface area contributed by atoms with Crippen molar-refractivity contribution in [1.29, 1.82) is 0 Å². The fourth-order valence-electron chi connectivity index (χ4n) is 1.79. The first-order chi connectivity index (χ1) is 11.3. The summed E-state index contributed by atoms with van der Waals surface area (Å²) in [7, 11) is 0. The van der Waals surface area contributed by atoms with Crippen LogP contribution in [0.4, 0.5) is 5.13 Å². The van der Waals surface area contributed by atoms with Crippen LogP contribution < -0.4 is 5.32 Å². The van der Waals surface area contributed by atoms with Crippen molar-refractivity contribution in [3.8, 4) is 10.7 Å². The Balaban J connectivity index is 1.70. The molecule has 0 spiro atoms. The van der Waals surface area contributed by atoms with E-state index in [0.717, 1.165) is 10.7 Å². The number of nitrogens with zero attached hydrogens (tertiary/aromatic N) is 5. The van der Waals surface area contributed by atoms with Crippen LogP contribution in [0.1, 0.15) is 0 Å². The second kappa shape index (κ2) is 7.49. The molecule has 0 atom stereocenters. The van der Waals surface area contributed by atoms with Gasteiger partial charge in [-0.25, -0.2) is 0 Å². The maximum absolute atomic E-state index is 11.9. The number of rotatable bonds is 7. The van der Waals surface area contributed by atoms with Crippen molar-refractivity contribution in [2.75, 3.05) is 11.1 Å². The lowest BCUT2D eigenvalue weighted by atomic mass is 10.4. The molecule has 1 N–H and O–H groups in total. The molecular formula is C13H12N6OS3. The fourth-order valence-corrected chi connectivity index (χ4v) is 3.72. The first kappa shape index (κ1) is 15.8. The van der Waals surface area contributed by atoms with Crippen molar-refractivity contribution in [2.45, 2.75) is 11.7 Å². The number of carbonyl (C=O) groups is 1. The summed E-state index contributed by atoms with van der Waals surface area (Å²) in [6, 6.07) is 3.96. The summed E-state index contributed by atoms with van der Waals surface area (Å²) in [5.41, 5.74) is 1.57. The Morgan fingerprint density at radius 2 is 2.30 bits per heavy atom. The van der Waals surface area contributed by atoms with Gasteiger partial charge >= 0.3 is 0 Å². The van der Waals surface area contributed by atoms with Crippen LogP contribution in [0.25, 0.3) is 10.7 Å². The molecule has 0 aliphatic rings. The van der Waals surface area contributed by atoms with Gasteiger partial charge in [0.05, 0.1) is 10.6 Å². The van der Waals surface area contributed by atoms with Crippen LogP contribution in [-0.4, -0.2) is 36.6 Å². The van der Waals surface area contributed by atoms with Crippen molar-refractivity contribution >= 4 is 45.5 Å². The average Bonchev–Trinajstić information content (AvgIpc) is 3.27. The molecule has 7 nitrogen and oxygen atoms in total. The largest absolute Gasteiger partial charge is 0.300 e. The third-order valence-electron chi connectivity index (χ3n) is 2.71. The van der Waals surface area contributed by atoms with Crippen LogP contribution in [0, 0.1) is 0 Å². The van der Waals surface area contributed by atoms with Crippen LogP contribution in [0.15, 0.2) is 40.8 Å². The Morgan fingerprint density at radius 1 is 1.39 bits per heavy atom. The third kappa shape index (κ3) is 3.84. The smallest absolute Gasteiger partial charge is 0.236 e. The highest BCUT2D eigenvalue weighted by Gasteiger charge is 2.15. The molecular weight excluding hydrogens is 352 g/mol. The highest BCUT2D eigenvalue weighted by molar-refractivity contribution is 7.99. The number of nitrogens with one attached hydrogen (secondary N) is 1. The number of hydrogen-bond acceptors (Lipinski definition) is 8. The number of aromatic nitrogens is 5. The first-order valence-corrected chi connectivity index (χ1v) is 9.29. The van der Waals surface area contributed by atoms with E-state index in [-0.39, 0.29) is 11.7 Å². The molecule has 0 unspecified atom stereocenters. The number of carbonyl (C=O) groups excluding carboxylic acids is 1. The van der Waals surface area contributed by atoms with E-state index in [1.165, 1.54) is 23.1 Å². The lowest BCUT2D eigenvalue weighted by Gasteiger charge is -2.06. The molecule has 3 aromatic heterocycles. The Kier molecular flexibility index (Phi) is 5.16. The molecule has 0 bridgehead atoms. The summed E-state index contributed by atoms with van der Waals surface area (Å²) in [6.07, 6.45) is 1.78. The minimum Gasteiger partial charge on any atom is -0.300 e. The number of amides is 1. The Hall–Kier alpha value is -2.04. The monoisotopic (exact) mass is 364 g/mol. The average molecular weight is 364 g/mol. The predicted molar refractivity (Wildman–Crippen MR) is 92.8 cm³/mol. The second-order valence-electron chi connectivity index (χ2n) is 4.26. The molecule has 3 rings (SSSR count). The van der Waals surface area contributed by atoms with E-state index in [1.54, 1.807) is 22.9 Å². The maximum Gasteiger partial charge on any atom is 0.236 e. The summed E-state index contributed by atoms with van der Waals surface area (Å²) in [5.74, 6) is 0.851. The van der Waals surface area contributed by atoms with Gasteiger partial charge in [0.25, 0.3) is 0 Å². The fraction of sp³-hybridized carbons (Fsp3) is 0.154. The first-order valence-electron chi connectivity index (χ1n) is 6.54. The normalized spacial score (nSPS) is 10.6. The number of allylic oxidation sites excluding steroid dienone is 1. The summed E-state index contributed by atoms with van der Waals surface area (Å²) in [5, 5.41) is 21.7. The number of thiophene rings is 1. The molecule has 0 radical (unpaired) electrons. The van der Waals surface area contributed by atoms with Crippen molar-refractivity contribution in [3.05, 3.63) is 35.7 Å². The number of anilines is 1. The molecule has 0 aliphatic carbocycles. The van der Waals surface area contributed by atoms with Gasteiger partial charge in [-0.3, -0.25) is 14.7 Å². The molecule has 0 aliphatic heterocycles. The van der Waals surface area contributed by atoms with E-state index < -0.39 is 0 Å². The molecule has 1 amide bonds. The molecule has 10 heteroatoms. The van der Waals surface area contributed by atoms with Gasteiger partial charge in [-0.05, 0) is 11.4 Å². The quantitative estimate of drug-likeness (QED) is 0.512. The summed E-state index contributed by atoms with van der Waals surface area (Å²) in [4.78, 5) is 13.0. The SMILES string of the molecule is C=CCn1c(SCC(=O)Nc2nncs2)nnc1-c1cccs1. The molecule has 118 valence electrons. The van der Waals surface area contributed by atoms with E-state index >= 15 is 0 Å². The van der Waals surface area contributed by atoms with Gasteiger partial charge in [0.2, 0.25) is 11.0 Å². The lowest BCUT2D eigenvalue weighted by Crippen LogP contribution is -2.14. The van der Waals surface area contributed by atoms with Crippen LogP contribution in [-0.2, 0) is 11.3 Å². The Morgan fingerprint density at radius 3 is 3.00 bits per heavy atom. The van der Waals surface area contributed by atoms with Crippen LogP contribution in [0.3, 0.4) is 0 Å². The maximum atomic E-state index is 11.9. The molecule has 0 fully saturated rings. The van der Waals surface area contributed by atoms with Gasteiger partial charge in [-0.1, -0.05) is 35.2 Å². The minimum atomic E-state index is -0.155. The molecule has 0 saturated heterocycles. The second-order valence-corrected chi connectivity index (χ2v) is 6.99. The molecule has 0 aromatic carbocycles. The topological polar surface area (TPSA) is 85.6 Å². The van der Waals surface area contributed by atoms with Crippen molar-refractivity contribution < 1.29 is 4.79 Å². The van der Waals surface area contributed by atoms with Crippen LogP contribution >= 0.6 is 34.4 Å². The third-order valence-corrected chi connectivity index (χ3v) is 5.15. The van der Waals surface area contributed by atoms with Crippen LogP contribution in [0.5, 0.6) is 0 Å². The van der Waals surface area contributed by atoms with Crippen molar-refractivity contribution in [1.82, 2.24) is 25.0 Å². The highest BCUT2D eigenvalue weighted by atomic mass is 32.2. The van der Waals surface area contributed by atoms with Crippen molar-refractivity contribution in [2.24, 2.45) is 0 Å². The summed E-state index contributed by atoms with van der Waals surface area (Å²) < 4.78 is 1.95. The standard InChI is InChI=1S/C13H12N6OS3/c1-2-5-19-11(9-4-3-6-21-9)16-18-13(19)22-7-10(20)15-12-17-14-8-23-12/h2-4,6,8H,1,5,7H2,(H,15,17,20). The summed E-state index contributed by atoms with van der Waals surface area (Å²) >= 11 is 4.20. The van der Waals surface area contributed by atoms with Gasteiger partial charge in [-0.15, -0.1) is 38.3 Å². The molecule has 0 saturated carbocycles. The number of thioether (sulfide) groups is 1. The van der Waals surface area contributed by atoms with Gasteiger partial charge in [0.15, 0.2) is 11.0 Å². The molecule has 23 heavy (non-hydrogen) atoms. The van der Waals surface area contributed by atoms with Crippen LogP contribution in [0.2, 0.25) is 0 Å². The van der Waals surface area contributed by atoms with Crippen molar-refractivity contribution in [3.63, 3.8) is 0 Å². The Bertz CT molecular complexity index is 781. The lowest BCUT2D eigenvalue weighted by molar-refractivity contribution is -0.113. The highest BCUT2D eigenvalue weighted by Crippen LogP contribution is 2.27. The van der Waals surface area contributed by atoms with E-state index in [1.807, 2.05) is 22.1 Å². The van der Waals surface area contributed by atoms with Gasteiger partial charge < -0.3 is 0 Å². The van der Waals surface area contributed by atoms with E-state index in [4.69, 9.17) is 0 Å². The van der Waals surface area contributed by atoms with E-state index in [9.17, 15) is 4.79 Å².